The number of likely N-dealkylation sites (N-methyl/N-ethyl adjacent to an activating group) is 1. The summed E-state index contributed by atoms with van der Waals surface area (Å²) >= 11 is 15.9. The first kappa shape index (κ1) is 27.9. The number of halogens is 3. The molecule has 2 atom stereocenters. The van der Waals surface area contributed by atoms with Crippen LogP contribution < -0.4 is 0 Å². The van der Waals surface area contributed by atoms with E-state index >= 15 is 0 Å². The maximum atomic E-state index is 13.5. The Balaban J connectivity index is 1.53. The summed E-state index contributed by atoms with van der Waals surface area (Å²) in [6, 6.07) is 12.6. The highest BCUT2D eigenvalue weighted by Gasteiger charge is 2.39. The molecule has 2 aromatic rings. The number of carbonyl (C=O) groups is 3. The number of benzene rings is 2. The van der Waals surface area contributed by atoms with Crippen molar-refractivity contribution < 1.29 is 19.5 Å². The van der Waals surface area contributed by atoms with E-state index in [1.54, 1.807) is 28.0 Å². The molecule has 1 unspecified atom stereocenters. The van der Waals surface area contributed by atoms with Gasteiger partial charge in [-0.1, -0.05) is 45.2 Å². The molecular weight excluding hydrogens is 581 g/mol. The van der Waals surface area contributed by atoms with Gasteiger partial charge in [-0.25, -0.2) is 0 Å². The third kappa shape index (κ3) is 6.30. The van der Waals surface area contributed by atoms with E-state index in [2.05, 4.69) is 15.9 Å². The van der Waals surface area contributed by atoms with E-state index in [1.165, 1.54) is 0 Å². The summed E-state index contributed by atoms with van der Waals surface area (Å²) in [5, 5.41) is 10.0. The number of likely N-dealkylation sites (tertiary alicyclic amines) is 2. The number of aliphatic hydroxyl groups is 1. The van der Waals surface area contributed by atoms with E-state index < -0.39 is 6.61 Å². The molecule has 0 radical (unpaired) electrons. The number of nitrogens with zero attached hydrogens (tertiary/aromatic N) is 3. The Morgan fingerprint density at radius 2 is 1.62 bits per heavy atom. The number of carbonyl (C=O) groups excluding carboxylic acids is 3. The fraction of sp³-hybridized carbons (Fsp3) is 0.444. The molecule has 0 aromatic heterocycles. The van der Waals surface area contributed by atoms with Gasteiger partial charge in [0.2, 0.25) is 11.8 Å². The molecule has 2 heterocycles. The summed E-state index contributed by atoms with van der Waals surface area (Å²) in [5.41, 5.74) is 1.52. The molecule has 2 aromatic carbocycles. The molecule has 198 valence electrons. The predicted octanol–water partition coefficient (Wildman–Crippen LogP) is 4.44. The Kier molecular flexibility index (Phi) is 9.16. The topological polar surface area (TPSA) is 81.2 Å². The van der Waals surface area contributed by atoms with Crippen LogP contribution >= 0.6 is 39.1 Å². The smallest absolute Gasteiger partial charge is 0.253 e. The molecule has 10 heteroatoms. The van der Waals surface area contributed by atoms with Gasteiger partial charge in [0.1, 0.15) is 6.61 Å². The Hall–Kier alpha value is -2.13. The van der Waals surface area contributed by atoms with Crippen molar-refractivity contribution in [3.63, 3.8) is 0 Å². The molecule has 0 saturated carbocycles. The Morgan fingerprint density at radius 1 is 0.973 bits per heavy atom. The summed E-state index contributed by atoms with van der Waals surface area (Å²) in [6.07, 6.45) is 1.77. The minimum atomic E-state index is -0.510. The maximum absolute atomic E-state index is 13.5. The molecule has 2 aliphatic heterocycles. The third-order valence-corrected chi connectivity index (χ3v) is 8.77. The lowest BCUT2D eigenvalue weighted by Gasteiger charge is -2.44. The highest BCUT2D eigenvalue weighted by atomic mass is 79.9. The first-order valence-electron chi connectivity index (χ1n) is 12.3. The summed E-state index contributed by atoms with van der Waals surface area (Å²) in [5.74, 6) is -0.626. The van der Waals surface area contributed by atoms with E-state index in [4.69, 9.17) is 28.3 Å². The fourth-order valence-electron chi connectivity index (χ4n) is 5.35. The van der Waals surface area contributed by atoms with E-state index in [0.29, 0.717) is 61.1 Å². The van der Waals surface area contributed by atoms with Crippen LogP contribution in [-0.4, -0.2) is 83.4 Å². The average Bonchev–Trinajstić information content (AvgIpc) is 2.93. The van der Waals surface area contributed by atoms with Crippen LogP contribution in [0.2, 0.25) is 10.0 Å². The average molecular weight is 611 g/mol. The number of amides is 3. The predicted molar refractivity (Wildman–Crippen MR) is 147 cm³/mol. The van der Waals surface area contributed by atoms with Gasteiger partial charge in [-0.05, 0) is 61.2 Å². The summed E-state index contributed by atoms with van der Waals surface area (Å²) in [7, 11) is 1.81. The lowest BCUT2D eigenvalue weighted by atomic mass is 9.83. The van der Waals surface area contributed by atoms with E-state index in [0.717, 1.165) is 10.0 Å². The molecule has 0 bridgehead atoms. The second-order valence-electron chi connectivity index (χ2n) is 9.66. The monoisotopic (exact) mass is 609 g/mol. The molecule has 0 aliphatic carbocycles. The van der Waals surface area contributed by atoms with Gasteiger partial charge in [0.15, 0.2) is 0 Å². The van der Waals surface area contributed by atoms with Crippen LogP contribution in [0.4, 0.5) is 0 Å². The van der Waals surface area contributed by atoms with Crippen molar-refractivity contribution in [3.8, 4) is 0 Å². The van der Waals surface area contributed by atoms with Gasteiger partial charge in [-0.3, -0.25) is 14.4 Å². The Morgan fingerprint density at radius 3 is 2.24 bits per heavy atom. The van der Waals surface area contributed by atoms with Gasteiger partial charge in [0.05, 0.1) is 10.0 Å². The SMILES string of the molecule is CN(C(=O)c1ccc(Br)cc1)C1CCN(C(=O)C2CCN(C(=O)CO)CC2)C[C@H]1c1ccc(Cl)c(Cl)c1. The second kappa shape index (κ2) is 12.2. The second-order valence-corrected chi connectivity index (χ2v) is 11.4. The highest BCUT2D eigenvalue weighted by molar-refractivity contribution is 9.10. The van der Waals surface area contributed by atoms with Gasteiger partial charge < -0.3 is 19.8 Å². The largest absolute Gasteiger partial charge is 0.387 e. The molecule has 0 spiro atoms. The number of hydrogen-bond donors (Lipinski definition) is 1. The summed E-state index contributed by atoms with van der Waals surface area (Å²) < 4.78 is 0.902. The lowest BCUT2D eigenvalue weighted by molar-refractivity contribution is -0.143. The van der Waals surface area contributed by atoms with Crippen molar-refractivity contribution in [2.45, 2.75) is 31.2 Å². The zero-order valence-corrected chi connectivity index (χ0v) is 23.7. The van der Waals surface area contributed by atoms with Crippen LogP contribution in [-0.2, 0) is 9.59 Å². The van der Waals surface area contributed by atoms with Crippen molar-refractivity contribution >= 4 is 56.9 Å². The maximum Gasteiger partial charge on any atom is 0.253 e. The Labute approximate surface area is 235 Å². The zero-order chi connectivity index (χ0) is 26.7. The Bertz CT molecular complexity index is 1150. The van der Waals surface area contributed by atoms with Crippen LogP contribution in [0, 0.1) is 5.92 Å². The number of aliphatic hydroxyl groups excluding tert-OH is 1. The highest BCUT2D eigenvalue weighted by Crippen LogP contribution is 2.35. The van der Waals surface area contributed by atoms with Gasteiger partial charge in [0, 0.05) is 61.1 Å². The first-order chi connectivity index (χ1) is 17.7. The minimum absolute atomic E-state index is 0.0708. The molecule has 3 amide bonds. The van der Waals surface area contributed by atoms with Crippen LogP contribution in [0.1, 0.15) is 41.1 Å². The van der Waals surface area contributed by atoms with E-state index in [9.17, 15) is 14.4 Å². The third-order valence-electron chi connectivity index (χ3n) is 7.50. The van der Waals surface area contributed by atoms with Crippen molar-refractivity contribution in [2.24, 2.45) is 5.92 Å². The molecule has 2 saturated heterocycles. The van der Waals surface area contributed by atoms with Crippen LogP contribution in [0.15, 0.2) is 46.9 Å². The normalized spacial score (nSPS) is 20.6. The quantitative estimate of drug-likeness (QED) is 0.543. The molecule has 7 nitrogen and oxygen atoms in total. The van der Waals surface area contributed by atoms with Gasteiger partial charge >= 0.3 is 0 Å². The zero-order valence-electron chi connectivity index (χ0n) is 20.6. The lowest BCUT2D eigenvalue weighted by Crippen LogP contribution is -2.53. The summed E-state index contributed by atoms with van der Waals surface area (Å²) in [6.45, 7) is 1.41. The molecular formula is C27H30BrCl2N3O4. The number of piperidine rings is 2. The van der Waals surface area contributed by atoms with Crippen molar-refractivity contribution in [3.05, 3.63) is 68.1 Å². The standard InChI is InChI=1S/C27H30BrCl2N3O4/c1-31(26(36)17-2-5-20(28)6-3-17)24-10-13-33(15-21(24)19-4-7-22(29)23(30)14-19)27(37)18-8-11-32(12-9-18)25(35)16-34/h2-7,14,18,21,24,34H,8-13,15-16H2,1H3/t21-,24?/m0/s1. The molecule has 1 N–H and O–H groups in total. The van der Waals surface area contributed by atoms with E-state index in [-0.39, 0.29) is 35.6 Å². The van der Waals surface area contributed by atoms with Crippen molar-refractivity contribution in [1.29, 1.82) is 0 Å². The molecule has 2 fully saturated rings. The number of rotatable bonds is 5. The van der Waals surface area contributed by atoms with Crippen LogP contribution in [0.3, 0.4) is 0 Å². The van der Waals surface area contributed by atoms with Crippen LogP contribution in [0.5, 0.6) is 0 Å². The van der Waals surface area contributed by atoms with Crippen LogP contribution in [0.25, 0.3) is 0 Å². The van der Waals surface area contributed by atoms with E-state index in [1.807, 2.05) is 36.2 Å². The van der Waals surface area contributed by atoms with Crippen molar-refractivity contribution in [1.82, 2.24) is 14.7 Å². The molecule has 4 rings (SSSR count). The molecule has 37 heavy (non-hydrogen) atoms. The van der Waals surface area contributed by atoms with Crippen molar-refractivity contribution in [2.75, 3.05) is 39.8 Å². The first-order valence-corrected chi connectivity index (χ1v) is 13.9. The molecule has 2 aliphatic rings. The summed E-state index contributed by atoms with van der Waals surface area (Å²) in [4.78, 5) is 43.9. The number of hydrogen-bond acceptors (Lipinski definition) is 4. The minimum Gasteiger partial charge on any atom is -0.387 e. The fourth-order valence-corrected chi connectivity index (χ4v) is 5.93. The van der Waals surface area contributed by atoms with Gasteiger partial charge in [-0.15, -0.1) is 0 Å². The van der Waals surface area contributed by atoms with Gasteiger partial charge in [0.25, 0.3) is 5.91 Å². The van der Waals surface area contributed by atoms with Gasteiger partial charge in [-0.2, -0.15) is 0 Å².